The molecule has 2 aliphatic rings. The molecule has 1 aromatic heterocycles. The molecule has 0 saturated carbocycles. The van der Waals surface area contributed by atoms with Crippen LogP contribution >= 0.6 is 11.3 Å². The molecule has 0 aliphatic heterocycles. The highest BCUT2D eigenvalue weighted by Crippen LogP contribution is 2.64. The van der Waals surface area contributed by atoms with Crippen molar-refractivity contribution in [3.8, 4) is 44.5 Å². The molecule has 0 saturated heterocycles. The highest BCUT2D eigenvalue weighted by atomic mass is 32.1. The van der Waals surface area contributed by atoms with Crippen LogP contribution in [0.2, 0.25) is 0 Å². The molecule has 13 aromatic rings. The van der Waals surface area contributed by atoms with Crippen molar-refractivity contribution < 1.29 is 0 Å². The largest absolute Gasteiger partial charge is 0.135 e. The summed E-state index contributed by atoms with van der Waals surface area (Å²) < 4.78 is 2.66. The topological polar surface area (TPSA) is 0 Å². The Labute approximate surface area is 373 Å². The molecule has 12 aromatic carbocycles. The van der Waals surface area contributed by atoms with Crippen LogP contribution in [0.15, 0.2) is 218 Å². The maximum Gasteiger partial charge on any atom is 0.0725 e. The first-order valence-corrected chi connectivity index (χ1v) is 23.1. The van der Waals surface area contributed by atoms with Gasteiger partial charge in [0.05, 0.1) is 5.41 Å². The van der Waals surface area contributed by atoms with E-state index in [1.54, 1.807) is 0 Å². The number of hydrogen-bond acceptors (Lipinski definition) is 1. The van der Waals surface area contributed by atoms with Gasteiger partial charge < -0.3 is 0 Å². The SMILES string of the molecule is c1ccc2c(c1)-c1ccccc1C21c2cc3cc(-c4c5ccccc5c(-c5ccc6sc7cc8ccccc8cc7c6c5)c5ccccc45)ccc3cc2-c2c1ccc1ccccc21. The monoisotopic (exact) mass is 824 g/mol. The van der Waals surface area contributed by atoms with Crippen LogP contribution in [0.3, 0.4) is 0 Å². The van der Waals surface area contributed by atoms with Crippen molar-refractivity contribution in [2.24, 2.45) is 0 Å². The quantitative estimate of drug-likeness (QED) is 0.152. The fraction of sp³-hybridized carbons (Fsp3) is 0.0159. The fourth-order valence-electron chi connectivity index (χ4n) is 12.2. The molecular weight excluding hydrogens is 789 g/mol. The molecule has 0 radical (unpaired) electrons. The molecule has 294 valence electrons. The average Bonchev–Trinajstić information content (AvgIpc) is 3.97. The molecular formula is C63H36S. The molecule has 15 rings (SSSR count). The van der Waals surface area contributed by atoms with Crippen LogP contribution in [0.25, 0.3) is 119 Å². The standard InChI is InChI=1S/C63H36S/c1-2-15-39-36-59-52(32-38(39)14-1)51-34-42(28-30-58(51)64-59)61-49-21-7-5-19-47(49)60(48-20-6-8-22-50(48)61)41-26-25-40-33-53-57(35-43(40)31-41)63(56-29-27-37-13-3-4-16-44(37)62(53)56)54-23-11-9-17-45(54)46-18-10-12-24-55(46)63/h1-36H. The van der Waals surface area contributed by atoms with Crippen molar-refractivity contribution in [2.45, 2.75) is 5.41 Å². The van der Waals surface area contributed by atoms with Gasteiger partial charge in [-0.05, 0) is 163 Å². The van der Waals surface area contributed by atoms with Gasteiger partial charge in [0.2, 0.25) is 0 Å². The van der Waals surface area contributed by atoms with Crippen LogP contribution in [0.4, 0.5) is 0 Å². The zero-order valence-electron chi connectivity index (χ0n) is 34.7. The summed E-state index contributed by atoms with van der Waals surface area (Å²) in [6.07, 6.45) is 0. The van der Waals surface area contributed by atoms with E-state index in [0.717, 1.165) is 0 Å². The molecule has 1 heterocycles. The van der Waals surface area contributed by atoms with E-state index >= 15 is 0 Å². The minimum absolute atomic E-state index is 0.422. The minimum Gasteiger partial charge on any atom is -0.135 e. The zero-order chi connectivity index (χ0) is 41.7. The van der Waals surface area contributed by atoms with E-state index in [0.29, 0.717) is 0 Å². The minimum atomic E-state index is -0.422. The molecule has 0 amide bonds. The third-order valence-corrected chi connectivity index (χ3v) is 15.9. The highest BCUT2D eigenvalue weighted by molar-refractivity contribution is 7.25. The molecule has 0 atom stereocenters. The van der Waals surface area contributed by atoms with Gasteiger partial charge in [-0.3, -0.25) is 0 Å². The molecule has 1 spiro atoms. The Balaban J connectivity index is 0.980. The summed E-state index contributed by atoms with van der Waals surface area (Å²) in [4.78, 5) is 0. The van der Waals surface area contributed by atoms with Crippen molar-refractivity contribution in [1.29, 1.82) is 0 Å². The predicted molar refractivity (Wildman–Crippen MR) is 274 cm³/mol. The lowest BCUT2D eigenvalue weighted by Crippen LogP contribution is -2.25. The molecule has 64 heavy (non-hydrogen) atoms. The lowest BCUT2D eigenvalue weighted by molar-refractivity contribution is 0.795. The Bertz CT molecular complexity index is 4100. The summed E-state index contributed by atoms with van der Waals surface area (Å²) in [5, 5.41) is 15.4. The van der Waals surface area contributed by atoms with Gasteiger partial charge in [0.25, 0.3) is 0 Å². The first-order chi connectivity index (χ1) is 31.7. The molecule has 0 bridgehead atoms. The Morgan fingerprint density at radius 2 is 0.766 bits per heavy atom. The van der Waals surface area contributed by atoms with Crippen LogP contribution in [0.1, 0.15) is 22.3 Å². The summed E-state index contributed by atoms with van der Waals surface area (Å²) >= 11 is 1.89. The van der Waals surface area contributed by atoms with Gasteiger partial charge in [0.15, 0.2) is 0 Å². The van der Waals surface area contributed by atoms with E-state index in [1.807, 2.05) is 11.3 Å². The Hall–Kier alpha value is -7.84. The number of benzene rings is 12. The van der Waals surface area contributed by atoms with E-state index < -0.39 is 5.41 Å². The summed E-state index contributed by atoms with van der Waals surface area (Å²) in [6, 6.07) is 83.0. The van der Waals surface area contributed by atoms with Gasteiger partial charge in [-0.2, -0.15) is 0 Å². The van der Waals surface area contributed by atoms with Gasteiger partial charge in [0, 0.05) is 20.2 Å². The van der Waals surface area contributed by atoms with Gasteiger partial charge >= 0.3 is 0 Å². The Morgan fingerprint density at radius 3 is 1.45 bits per heavy atom. The smallest absolute Gasteiger partial charge is 0.0725 e. The van der Waals surface area contributed by atoms with Gasteiger partial charge in [-0.15, -0.1) is 11.3 Å². The van der Waals surface area contributed by atoms with Crippen LogP contribution in [-0.2, 0) is 5.41 Å². The second kappa shape index (κ2) is 12.6. The maximum absolute atomic E-state index is 2.55. The molecule has 2 aliphatic carbocycles. The van der Waals surface area contributed by atoms with E-state index in [4.69, 9.17) is 0 Å². The van der Waals surface area contributed by atoms with E-state index in [2.05, 4.69) is 218 Å². The van der Waals surface area contributed by atoms with Crippen LogP contribution < -0.4 is 0 Å². The number of rotatable bonds is 2. The molecule has 0 nitrogen and oxygen atoms in total. The van der Waals surface area contributed by atoms with Gasteiger partial charge in [-0.25, -0.2) is 0 Å². The van der Waals surface area contributed by atoms with E-state index in [1.165, 1.54) is 141 Å². The van der Waals surface area contributed by atoms with E-state index in [9.17, 15) is 0 Å². The van der Waals surface area contributed by atoms with Crippen LogP contribution in [-0.4, -0.2) is 0 Å². The number of fused-ring (bicyclic) bond motifs is 19. The maximum atomic E-state index is 2.55. The molecule has 0 fully saturated rings. The molecule has 0 unspecified atom stereocenters. The third-order valence-electron chi connectivity index (χ3n) is 14.8. The van der Waals surface area contributed by atoms with E-state index in [-0.39, 0.29) is 0 Å². The van der Waals surface area contributed by atoms with Gasteiger partial charge in [0.1, 0.15) is 0 Å². The highest BCUT2D eigenvalue weighted by Gasteiger charge is 2.52. The first kappa shape index (κ1) is 34.7. The van der Waals surface area contributed by atoms with Crippen molar-refractivity contribution in [1.82, 2.24) is 0 Å². The lowest BCUT2D eigenvalue weighted by Gasteiger charge is -2.30. The van der Waals surface area contributed by atoms with Crippen molar-refractivity contribution in [3.05, 3.63) is 241 Å². The van der Waals surface area contributed by atoms with Gasteiger partial charge in [-0.1, -0.05) is 176 Å². The summed E-state index contributed by atoms with van der Waals surface area (Å²) in [6.45, 7) is 0. The third kappa shape index (κ3) is 4.46. The van der Waals surface area contributed by atoms with Crippen molar-refractivity contribution in [2.75, 3.05) is 0 Å². The second-order valence-electron chi connectivity index (χ2n) is 17.9. The Kier molecular flexibility index (Phi) is 6.85. The summed E-state index contributed by atoms with van der Waals surface area (Å²) in [5.74, 6) is 0. The normalized spacial score (nSPS) is 13.4. The summed E-state index contributed by atoms with van der Waals surface area (Å²) in [5.41, 5.74) is 15.5. The fourth-order valence-corrected chi connectivity index (χ4v) is 13.3. The Morgan fingerprint density at radius 1 is 0.250 bits per heavy atom. The number of thiophene rings is 1. The first-order valence-electron chi connectivity index (χ1n) is 22.3. The molecule has 0 N–H and O–H groups in total. The lowest BCUT2D eigenvalue weighted by atomic mass is 9.70. The predicted octanol–water partition coefficient (Wildman–Crippen LogP) is 17.5. The average molecular weight is 825 g/mol. The van der Waals surface area contributed by atoms with Crippen LogP contribution in [0.5, 0.6) is 0 Å². The molecule has 1 heteroatoms. The van der Waals surface area contributed by atoms with Crippen molar-refractivity contribution in [3.63, 3.8) is 0 Å². The number of hydrogen-bond donors (Lipinski definition) is 0. The zero-order valence-corrected chi connectivity index (χ0v) is 35.5. The second-order valence-corrected chi connectivity index (χ2v) is 18.9. The van der Waals surface area contributed by atoms with Crippen LogP contribution in [0, 0.1) is 0 Å². The van der Waals surface area contributed by atoms with Crippen molar-refractivity contribution >= 4 is 85.4 Å². The summed E-state index contributed by atoms with van der Waals surface area (Å²) in [7, 11) is 0.